The van der Waals surface area contributed by atoms with Gasteiger partial charge in [-0.1, -0.05) is 6.07 Å². The largest absolute Gasteiger partial charge is 0.478 e. The van der Waals surface area contributed by atoms with Crippen LogP contribution in [-0.2, 0) is 5.75 Å². The molecule has 0 unspecified atom stereocenters. The average molecular weight is 275 g/mol. The van der Waals surface area contributed by atoms with E-state index in [0.717, 1.165) is 10.5 Å². The number of hydrogen-bond acceptors (Lipinski definition) is 5. The first-order chi connectivity index (χ1) is 9.08. The standard InChI is InChI=1S/C13H13N3O2S/c1-8-2-3-10(14)12(4-8)19-6-11-9(13(17)18)5-15-7-16-11/h2-5,7H,6,14H2,1H3,(H,17,18). The van der Waals surface area contributed by atoms with E-state index in [2.05, 4.69) is 9.97 Å². The Balaban J connectivity index is 2.19. The molecule has 1 aromatic carbocycles. The highest BCUT2D eigenvalue weighted by Crippen LogP contribution is 2.29. The van der Waals surface area contributed by atoms with Crippen molar-refractivity contribution in [3.63, 3.8) is 0 Å². The fourth-order valence-electron chi connectivity index (χ4n) is 1.56. The molecule has 0 saturated carbocycles. The van der Waals surface area contributed by atoms with Crippen LogP contribution in [0.4, 0.5) is 5.69 Å². The number of nitrogens with two attached hydrogens (primary N) is 1. The maximum absolute atomic E-state index is 11.0. The SMILES string of the molecule is Cc1ccc(N)c(SCc2ncncc2C(=O)O)c1. The average Bonchev–Trinajstić information content (AvgIpc) is 2.40. The molecule has 0 atom stereocenters. The third kappa shape index (κ3) is 3.23. The normalized spacial score (nSPS) is 10.4. The van der Waals surface area contributed by atoms with Crippen LogP contribution < -0.4 is 5.73 Å². The van der Waals surface area contributed by atoms with Gasteiger partial charge in [-0.05, 0) is 24.6 Å². The molecule has 1 heterocycles. The van der Waals surface area contributed by atoms with Gasteiger partial charge in [0.25, 0.3) is 0 Å². The number of carboxylic acid groups (broad SMARTS) is 1. The number of benzene rings is 1. The predicted octanol–water partition coefficient (Wildman–Crippen LogP) is 2.36. The van der Waals surface area contributed by atoms with Crippen LogP contribution in [0.25, 0.3) is 0 Å². The summed E-state index contributed by atoms with van der Waals surface area (Å²) < 4.78 is 0. The molecule has 0 aliphatic heterocycles. The molecule has 0 aliphatic rings. The summed E-state index contributed by atoms with van der Waals surface area (Å²) in [6, 6.07) is 5.75. The summed E-state index contributed by atoms with van der Waals surface area (Å²) in [5.41, 5.74) is 8.29. The van der Waals surface area contributed by atoms with Gasteiger partial charge < -0.3 is 10.8 Å². The smallest absolute Gasteiger partial charge is 0.339 e. The Bertz CT molecular complexity index is 617. The Hall–Kier alpha value is -2.08. The summed E-state index contributed by atoms with van der Waals surface area (Å²) in [4.78, 5) is 19.7. The molecule has 0 fully saturated rings. The lowest BCUT2D eigenvalue weighted by Crippen LogP contribution is -2.04. The molecule has 2 aromatic rings. The van der Waals surface area contributed by atoms with Gasteiger partial charge >= 0.3 is 5.97 Å². The number of anilines is 1. The zero-order chi connectivity index (χ0) is 13.8. The number of nitrogen functional groups attached to an aromatic ring is 1. The van der Waals surface area contributed by atoms with E-state index in [4.69, 9.17) is 10.8 Å². The van der Waals surface area contributed by atoms with E-state index in [0.29, 0.717) is 17.1 Å². The summed E-state index contributed by atoms with van der Waals surface area (Å²) in [5.74, 6) is -0.578. The highest BCUT2D eigenvalue weighted by molar-refractivity contribution is 7.98. The second-order valence-corrected chi connectivity index (χ2v) is 5.04. The molecule has 98 valence electrons. The van der Waals surface area contributed by atoms with E-state index < -0.39 is 5.97 Å². The molecule has 2 rings (SSSR count). The zero-order valence-electron chi connectivity index (χ0n) is 10.3. The lowest BCUT2D eigenvalue weighted by molar-refractivity contribution is 0.0695. The minimum Gasteiger partial charge on any atom is -0.478 e. The minimum absolute atomic E-state index is 0.126. The molecular weight excluding hydrogens is 262 g/mol. The Morgan fingerprint density at radius 3 is 3.00 bits per heavy atom. The Morgan fingerprint density at radius 2 is 2.26 bits per heavy atom. The minimum atomic E-state index is -1.02. The molecular formula is C13H13N3O2S. The third-order valence-corrected chi connectivity index (χ3v) is 3.64. The quantitative estimate of drug-likeness (QED) is 0.657. The molecule has 19 heavy (non-hydrogen) atoms. The number of aryl methyl sites for hydroxylation is 1. The number of hydrogen-bond donors (Lipinski definition) is 2. The third-order valence-electron chi connectivity index (χ3n) is 2.56. The van der Waals surface area contributed by atoms with E-state index in [-0.39, 0.29) is 5.56 Å². The van der Waals surface area contributed by atoms with E-state index in [9.17, 15) is 4.79 Å². The molecule has 0 amide bonds. The van der Waals surface area contributed by atoms with E-state index >= 15 is 0 Å². The van der Waals surface area contributed by atoms with Crippen molar-refractivity contribution in [3.05, 3.63) is 47.5 Å². The topological polar surface area (TPSA) is 89.1 Å². The second-order valence-electron chi connectivity index (χ2n) is 4.02. The Morgan fingerprint density at radius 1 is 1.47 bits per heavy atom. The summed E-state index contributed by atoms with van der Waals surface area (Å²) in [6.07, 6.45) is 2.66. The number of aromatic nitrogens is 2. The van der Waals surface area contributed by atoms with Crippen LogP contribution in [-0.4, -0.2) is 21.0 Å². The maximum atomic E-state index is 11.0. The van der Waals surface area contributed by atoms with Crippen LogP contribution in [0.15, 0.2) is 35.6 Å². The summed E-state index contributed by atoms with van der Waals surface area (Å²) in [7, 11) is 0. The van der Waals surface area contributed by atoms with Gasteiger partial charge in [0.05, 0.1) is 5.69 Å². The van der Waals surface area contributed by atoms with Crippen LogP contribution >= 0.6 is 11.8 Å². The van der Waals surface area contributed by atoms with Crippen molar-refractivity contribution >= 4 is 23.4 Å². The van der Waals surface area contributed by atoms with E-state index in [1.165, 1.54) is 24.3 Å². The molecule has 0 saturated heterocycles. The lowest BCUT2D eigenvalue weighted by atomic mass is 10.2. The van der Waals surface area contributed by atoms with Gasteiger partial charge in [0.15, 0.2) is 0 Å². The second kappa shape index (κ2) is 5.71. The van der Waals surface area contributed by atoms with Crippen LogP contribution in [0, 0.1) is 6.92 Å². The summed E-state index contributed by atoms with van der Waals surface area (Å²) in [5, 5.41) is 9.05. The lowest BCUT2D eigenvalue weighted by Gasteiger charge is -2.07. The monoisotopic (exact) mass is 275 g/mol. The van der Waals surface area contributed by atoms with Crippen molar-refractivity contribution in [3.8, 4) is 0 Å². The Kier molecular flexibility index (Phi) is 4.01. The van der Waals surface area contributed by atoms with Crippen LogP contribution in [0.1, 0.15) is 21.6 Å². The number of aromatic carboxylic acids is 1. The van der Waals surface area contributed by atoms with Gasteiger partial charge in [-0.15, -0.1) is 11.8 Å². The van der Waals surface area contributed by atoms with E-state index in [1.54, 1.807) is 0 Å². The van der Waals surface area contributed by atoms with Crippen molar-refractivity contribution in [2.24, 2.45) is 0 Å². The molecule has 0 aliphatic carbocycles. The molecule has 5 nitrogen and oxygen atoms in total. The number of carbonyl (C=O) groups is 1. The molecule has 0 spiro atoms. The van der Waals surface area contributed by atoms with Crippen molar-refractivity contribution in [2.45, 2.75) is 17.6 Å². The summed E-state index contributed by atoms with van der Waals surface area (Å²) in [6.45, 7) is 1.98. The molecule has 0 bridgehead atoms. The zero-order valence-corrected chi connectivity index (χ0v) is 11.1. The summed E-state index contributed by atoms with van der Waals surface area (Å²) >= 11 is 1.47. The van der Waals surface area contributed by atoms with Crippen molar-refractivity contribution in [1.29, 1.82) is 0 Å². The number of rotatable bonds is 4. The molecule has 6 heteroatoms. The van der Waals surface area contributed by atoms with Crippen LogP contribution in [0.3, 0.4) is 0 Å². The van der Waals surface area contributed by atoms with Gasteiger partial charge in [0, 0.05) is 22.5 Å². The molecule has 0 radical (unpaired) electrons. The van der Waals surface area contributed by atoms with Gasteiger partial charge in [-0.3, -0.25) is 0 Å². The first-order valence-corrected chi connectivity index (χ1v) is 6.57. The first kappa shape index (κ1) is 13.4. The molecule has 1 aromatic heterocycles. The van der Waals surface area contributed by atoms with Crippen molar-refractivity contribution < 1.29 is 9.90 Å². The predicted molar refractivity (Wildman–Crippen MR) is 74.1 cm³/mol. The van der Waals surface area contributed by atoms with Crippen LogP contribution in [0.5, 0.6) is 0 Å². The van der Waals surface area contributed by atoms with Gasteiger partial charge in [0.2, 0.25) is 0 Å². The fraction of sp³-hybridized carbons (Fsp3) is 0.154. The first-order valence-electron chi connectivity index (χ1n) is 5.59. The van der Waals surface area contributed by atoms with Crippen LogP contribution in [0.2, 0.25) is 0 Å². The molecule has 3 N–H and O–H groups in total. The van der Waals surface area contributed by atoms with Crippen molar-refractivity contribution in [2.75, 3.05) is 5.73 Å². The Labute approximate surface area is 114 Å². The van der Waals surface area contributed by atoms with Gasteiger partial charge in [-0.25, -0.2) is 14.8 Å². The van der Waals surface area contributed by atoms with Crippen molar-refractivity contribution in [1.82, 2.24) is 9.97 Å². The number of thioether (sulfide) groups is 1. The van der Waals surface area contributed by atoms with Gasteiger partial charge in [0.1, 0.15) is 11.9 Å². The highest BCUT2D eigenvalue weighted by Gasteiger charge is 2.12. The fourth-order valence-corrected chi connectivity index (χ4v) is 2.59. The highest BCUT2D eigenvalue weighted by atomic mass is 32.2. The van der Waals surface area contributed by atoms with Gasteiger partial charge in [-0.2, -0.15) is 0 Å². The number of nitrogens with zero attached hydrogens (tertiary/aromatic N) is 2. The number of carboxylic acids is 1. The maximum Gasteiger partial charge on any atom is 0.339 e. The van der Waals surface area contributed by atoms with E-state index in [1.807, 2.05) is 25.1 Å².